The van der Waals surface area contributed by atoms with Crippen molar-refractivity contribution in [2.45, 2.75) is 12.6 Å². The minimum Gasteiger partial charge on any atom is -0.497 e. The second kappa shape index (κ2) is 8.94. The second-order valence-corrected chi connectivity index (χ2v) is 7.72. The molecular formula is C24H25N5O3. The first-order valence-electron chi connectivity index (χ1n) is 10.6. The molecule has 3 aromatic heterocycles. The molecule has 0 amide bonds. The summed E-state index contributed by atoms with van der Waals surface area (Å²) in [6.45, 7) is 2.95. The Morgan fingerprint density at radius 2 is 1.88 bits per heavy atom. The Morgan fingerprint density at radius 1 is 1.03 bits per heavy atom. The summed E-state index contributed by atoms with van der Waals surface area (Å²) >= 11 is 0. The molecule has 0 radical (unpaired) electrons. The first-order chi connectivity index (χ1) is 15.7. The van der Waals surface area contributed by atoms with Gasteiger partial charge in [0, 0.05) is 43.2 Å². The topological polar surface area (TPSA) is 74.0 Å². The van der Waals surface area contributed by atoms with Crippen LogP contribution in [0.2, 0.25) is 0 Å². The molecule has 0 saturated carbocycles. The second-order valence-electron chi connectivity index (χ2n) is 7.72. The van der Waals surface area contributed by atoms with E-state index in [-0.39, 0.29) is 6.10 Å². The van der Waals surface area contributed by atoms with E-state index in [0.29, 0.717) is 12.5 Å². The molecular weight excluding hydrogens is 406 g/mol. The molecule has 1 fully saturated rings. The van der Waals surface area contributed by atoms with Crippen molar-refractivity contribution in [3.05, 3.63) is 72.2 Å². The Kier molecular flexibility index (Phi) is 5.70. The first kappa shape index (κ1) is 20.4. The highest BCUT2D eigenvalue weighted by atomic mass is 16.5. The van der Waals surface area contributed by atoms with Crippen molar-refractivity contribution in [3.63, 3.8) is 0 Å². The van der Waals surface area contributed by atoms with Gasteiger partial charge in [-0.05, 0) is 29.8 Å². The van der Waals surface area contributed by atoms with Crippen molar-refractivity contribution in [3.8, 4) is 22.8 Å². The van der Waals surface area contributed by atoms with Gasteiger partial charge in [0.25, 0.3) is 0 Å². The molecule has 1 saturated heterocycles. The quantitative estimate of drug-likeness (QED) is 0.463. The molecule has 1 aliphatic rings. The van der Waals surface area contributed by atoms with Crippen LogP contribution in [0.5, 0.6) is 11.6 Å². The number of hydrogen-bond acceptors (Lipinski definition) is 7. The van der Waals surface area contributed by atoms with Gasteiger partial charge < -0.3 is 14.2 Å². The van der Waals surface area contributed by atoms with Crippen LogP contribution in [-0.4, -0.2) is 58.6 Å². The largest absolute Gasteiger partial charge is 0.497 e. The fourth-order valence-electron chi connectivity index (χ4n) is 4.08. The smallest absolute Gasteiger partial charge is 0.217 e. The monoisotopic (exact) mass is 431 g/mol. The third kappa shape index (κ3) is 4.02. The third-order valence-electron chi connectivity index (χ3n) is 5.76. The van der Waals surface area contributed by atoms with E-state index < -0.39 is 0 Å². The van der Waals surface area contributed by atoms with Crippen molar-refractivity contribution in [1.29, 1.82) is 0 Å². The molecule has 8 nitrogen and oxygen atoms in total. The minimum absolute atomic E-state index is 0.143. The maximum absolute atomic E-state index is 6.08. The number of morpholine rings is 1. The van der Waals surface area contributed by atoms with Crippen LogP contribution in [0.3, 0.4) is 0 Å². The summed E-state index contributed by atoms with van der Waals surface area (Å²) < 4.78 is 18.5. The fourth-order valence-corrected chi connectivity index (χ4v) is 4.08. The number of benzene rings is 1. The zero-order chi connectivity index (χ0) is 21.9. The van der Waals surface area contributed by atoms with Gasteiger partial charge in [0.1, 0.15) is 17.5 Å². The summed E-state index contributed by atoms with van der Waals surface area (Å²) in [5.74, 6) is 1.50. The van der Waals surface area contributed by atoms with Crippen molar-refractivity contribution in [2.75, 3.05) is 33.9 Å². The van der Waals surface area contributed by atoms with Crippen LogP contribution in [0.15, 0.2) is 60.9 Å². The standard InChI is InChI=1S/C24H25N5O3/c1-30-20-8-5-17(6-9-20)18-7-10-21-23(26-27-29(21)15-18)22-16-28(12-13-32-22)14-19-4-3-11-25-24(19)31-2/h3-11,15,22H,12-14,16H2,1-2H3/t22-/m0/s1. The van der Waals surface area contributed by atoms with Crippen molar-refractivity contribution in [2.24, 2.45) is 0 Å². The summed E-state index contributed by atoms with van der Waals surface area (Å²) in [5.41, 5.74) is 5.02. The average Bonchev–Trinajstić information content (AvgIpc) is 3.28. The van der Waals surface area contributed by atoms with Gasteiger partial charge in [-0.15, -0.1) is 5.10 Å². The van der Waals surface area contributed by atoms with Crippen LogP contribution in [0.25, 0.3) is 16.6 Å². The molecule has 4 aromatic rings. The first-order valence-corrected chi connectivity index (χ1v) is 10.6. The lowest BCUT2D eigenvalue weighted by atomic mass is 10.1. The van der Waals surface area contributed by atoms with E-state index in [4.69, 9.17) is 14.2 Å². The molecule has 0 spiro atoms. The molecule has 1 aromatic carbocycles. The fraction of sp³-hybridized carbons (Fsp3) is 0.292. The number of pyridine rings is 2. The van der Waals surface area contributed by atoms with Gasteiger partial charge in [-0.3, -0.25) is 4.90 Å². The van der Waals surface area contributed by atoms with Crippen LogP contribution in [0, 0.1) is 0 Å². The molecule has 1 aliphatic heterocycles. The van der Waals surface area contributed by atoms with Gasteiger partial charge in [-0.25, -0.2) is 9.50 Å². The Bertz CT molecular complexity index is 1210. The minimum atomic E-state index is -0.143. The zero-order valence-electron chi connectivity index (χ0n) is 18.1. The lowest BCUT2D eigenvalue weighted by Crippen LogP contribution is -2.38. The van der Waals surface area contributed by atoms with E-state index in [9.17, 15) is 0 Å². The van der Waals surface area contributed by atoms with Crippen LogP contribution >= 0.6 is 0 Å². The highest BCUT2D eigenvalue weighted by molar-refractivity contribution is 5.66. The highest BCUT2D eigenvalue weighted by Gasteiger charge is 2.27. The molecule has 8 heteroatoms. The maximum Gasteiger partial charge on any atom is 0.217 e. The van der Waals surface area contributed by atoms with Gasteiger partial charge in [0.15, 0.2) is 0 Å². The van der Waals surface area contributed by atoms with E-state index in [0.717, 1.165) is 53.3 Å². The van der Waals surface area contributed by atoms with E-state index in [1.807, 2.05) is 47.1 Å². The molecule has 164 valence electrons. The zero-order valence-corrected chi connectivity index (χ0v) is 18.1. The van der Waals surface area contributed by atoms with Crippen molar-refractivity contribution in [1.82, 2.24) is 24.7 Å². The normalized spacial score (nSPS) is 16.9. The van der Waals surface area contributed by atoms with Crippen molar-refractivity contribution < 1.29 is 14.2 Å². The van der Waals surface area contributed by atoms with Crippen molar-refractivity contribution >= 4 is 5.52 Å². The Balaban J connectivity index is 1.36. The number of hydrogen-bond donors (Lipinski definition) is 0. The molecule has 0 N–H and O–H groups in total. The molecule has 5 rings (SSSR count). The molecule has 32 heavy (non-hydrogen) atoms. The highest BCUT2D eigenvalue weighted by Crippen LogP contribution is 2.28. The lowest BCUT2D eigenvalue weighted by molar-refractivity contribution is -0.0345. The maximum atomic E-state index is 6.08. The Labute approximate surface area is 186 Å². The number of nitrogens with zero attached hydrogens (tertiary/aromatic N) is 5. The molecule has 0 aliphatic carbocycles. The number of rotatable bonds is 6. The summed E-state index contributed by atoms with van der Waals surface area (Å²) in [5, 5.41) is 8.82. The number of ether oxygens (including phenoxy) is 3. The van der Waals surface area contributed by atoms with Crippen LogP contribution in [0.4, 0.5) is 0 Å². The van der Waals surface area contributed by atoms with Gasteiger partial charge in [0.05, 0.1) is 26.3 Å². The van der Waals surface area contributed by atoms with Crippen LogP contribution in [-0.2, 0) is 11.3 Å². The SMILES string of the molecule is COc1ccc(-c2ccc3c([C@@H]4CN(Cc5cccnc5OC)CCO4)nnn3c2)cc1. The number of methoxy groups -OCH3 is 2. The predicted molar refractivity (Wildman–Crippen MR) is 120 cm³/mol. The molecule has 1 atom stereocenters. The van der Waals surface area contributed by atoms with E-state index >= 15 is 0 Å². The van der Waals surface area contributed by atoms with Gasteiger partial charge in [0.2, 0.25) is 5.88 Å². The summed E-state index contributed by atoms with van der Waals surface area (Å²) in [6, 6.07) is 16.1. The third-order valence-corrected chi connectivity index (χ3v) is 5.76. The lowest BCUT2D eigenvalue weighted by Gasteiger charge is -2.32. The van der Waals surface area contributed by atoms with E-state index in [2.05, 4.69) is 32.3 Å². The number of fused-ring (bicyclic) bond motifs is 1. The molecule has 0 unspecified atom stereocenters. The molecule has 0 bridgehead atoms. The average molecular weight is 431 g/mol. The molecule has 4 heterocycles. The Morgan fingerprint density at radius 3 is 2.69 bits per heavy atom. The van der Waals surface area contributed by atoms with Crippen LogP contribution < -0.4 is 9.47 Å². The summed E-state index contributed by atoms with van der Waals surface area (Å²) in [4.78, 5) is 6.64. The van der Waals surface area contributed by atoms with Crippen LogP contribution in [0.1, 0.15) is 17.4 Å². The summed E-state index contributed by atoms with van der Waals surface area (Å²) in [7, 11) is 3.32. The van der Waals surface area contributed by atoms with E-state index in [1.165, 1.54) is 0 Å². The van der Waals surface area contributed by atoms with Gasteiger partial charge in [-0.2, -0.15) is 0 Å². The van der Waals surface area contributed by atoms with E-state index in [1.54, 1.807) is 20.4 Å². The van der Waals surface area contributed by atoms with Gasteiger partial charge >= 0.3 is 0 Å². The number of aromatic nitrogens is 4. The predicted octanol–water partition coefficient (Wildman–Crippen LogP) is 3.38. The summed E-state index contributed by atoms with van der Waals surface area (Å²) in [6.07, 6.45) is 3.60. The Hall–Kier alpha value is -3.49. The van der Waals surface area contributed by atoms with Gasteiger partial charge in [-0.1, -0.05) is 29.5 Å².